The predicted octanol–water partition coefficient (Wildman–Crippen LogP) is 4.72. The topological polar surface area (TPSA) is 91.3 Å². The largest absolute Gasteiger partial charge is 0.456 e. The monoisotopic (exact) mass is 596 g/mol. The van der Waals surface area contributed by atoms with Crippen molar-refractivity contribution in [2.75, 3.05) is 6.61 Å². The molecule has 0 bridgehead atoms. The molecule has 1 saturated heterocycles. The van der Waals surface area contributed by atoms with Gasteiger partial charge in [-0.3, -0.25) is 14.5 Å². The fourth-order valence-electron chi connectivity index (χ4n) is 3.16. The molecule has 0 radical (unpaired) electrons. The van der Waals surface area contributed by atoms with E-state index in [9.17, 15) is 14.4 Å². The van der Waals surface area contributed by atoms with Gasteiger partial charge in [-0.1, -0.05) is 65.1 Å². The highest BCUT2D eigenvalue weighted by Gasteiger charge is 2.53. The molecule has 3 unspecified atom stereocenters. The maximum absolute atomic E-state index is 13.2. The summed E-state index contributed by atoms with van der Waals surface area (Å²) in [5.74, 6) is -1.53. The molecule has 1 aromatic rings. The van der Waals surface area contributed by atoms with Crippen LogP contribution in [0.3, 0.4) is 0 Å². The first-order valence-corrected chi connectivity index (χ1v) is 14.5. The van der Waals surface area contributed by atoms with Crippen LogP contribution in [0.4, 0.5) is 0 Å². The molecule has 1 fully saturated rings. The Kier molecular flexibility index (Phi) is 9.98. The van der Waals surface area contributed by atoms with Gasteiger partial charge in [-0.15, -0.1) is 0 Å². The number of nitrogens with one attached hydrogen (secondary N) is 1. The average Bonchev–Trinajstić information content (AvgIpc) is 3.20. The highest BCUT2D eigenvalue weighted by atomic mass is 35.6. The molecule has 0 saturated carbocycles. The Balaban J connectivity index is 1.75. The molecular formula is C21H23Cl3N4O4S3. The van der Waals surface area contributed by atoms with E-state index in [0.717, 1.165) is 5.56 Å². The Hall–Kier alpha value is -1.24. The van der Waals surface area contributed by atoms with E-state index in [0.29, 0.717) is 5.57 Å². The first-order valence-electron chi connectivity index (χ1n) is 10.4. The van der Waals surface area contributed by atoms with E-state index in [1.54, 1.807) is 23.9 Å². The van der Waals surface area contributed by atoms with Crippen molar-refractivity contribution in [1.29, 1.82) is 0 Å². The van der Waals surface area contributed by atoms with E-state index in [4.69, 9.17) is 39.5 Å². The lowest BCUT2D eigenvalue weighted by Gasteiger charge is -2.46. The average molecular weight is 598 g/mol. The zero-order valence-corrected chi connectivity index (χ0v) is 23.7. The van der Waals surface area contributed by atoms with Gasteiger partial charge in [0.25, 0.3) is 5.91 Å². The van der Waals surface area contributed by atoms with E-state index in [1.165, 1.54) is 38.6 Å². The van der Waals surface area contributed by atoms with Gasteiger partial charge in [0.05, 0.1) is 22.7 Å². The standard InChI is InChI=1S/C21H23Cl3N4O4S3/c1-12(2)17(20(31)32-11-21(22,23)24)27-18(30)16(19(27)34-35-28-25-10-13(3)33-28)26-15(29)9-14-7-5-4-6-8-14/h4-8,10,13,16,19H,9,11H2,1-3H3,(H,26,29). The number of halogens is 3. The van der Waals surface area contributed by atoms with Crippen molar-refractivity contribution in [3.63, 3.8) is 0 Å². The summed E-state index contributed by atoms with van der Waals surface area (Å²) in [5.41, 5.74) is 1.41. The number of carbonyl (C=O) groups is 3. The number of nitrogens with zero attached hydrogens (tertiary/aromatic N) is 3. The zero-order chi connectivity index (χ0) is 25.8. The summed E-state index contributed by atoms with van der Waals surface area (Å²) < 4.78 is 5.06. The smallest absolute Gasteiger partial charge is 0.355 e. The van der Waals surface area contributed by atoms with Crippen molar-refractivity contribution in [2.45, 2.75) is 47.7 Å². The van der Waals surface area contributed by atoms with Crippen molar-refractivity contribution in [3.05, 3.63) is 47.2 Å². The van der Waals surface area contributed by atoms with Gasteiger partial charge < -0.3 is 10.1 Å². The van der Waals surface area contributed by atoms with Crippen molar-refractivity contribution in [2.24, 2.45) is 5.10 Å². The van der Waals surface area contributed by atoms with Gasteiger partial charge in [0.2, 0.25) is 9.70 Å². The first-order chi connectivity index (χ1) is 16.5. The number of hydrazone groups is 1. The van der Waals surface area contributed by atoms with Gasteiger partial charge in [-0.2, -0.15) is 8.92 Å². The molecule has 190 valence electrons. The number of allylic oxidation sites excluding steroid dienone is 1. The summed E-state index contributed by atoms with van der Waals surface area (Å²) in [7, 11) is 2.60. The number of ether oxygens (including phenoxy) is 1. The lowest BCUT2D eigenvalue weighted by Crippen LogP contribution is -2.69. The molecule has 3 atom stereocenters. The van der Waals surface area contributed by atoms with Gasteiger partial charge in [-0.25, -0.2) is 4.79 Å². The highest BCUT2D eigenvalue weighted by Crippen LogP contribution is 2.46. The molecule has 2 amide bonds. The van der Waals surface area contributed by atoms with Crippen LogP contribution in [0, 0.1) is 0 Å². The first kappa shape index (κ1) is 28.3. The van der Waals surface area contributed by atoms with Crippen LogP contribution in [0.15, 0.2) is 46.7 Å². The quantitative estimate of drug-likeness (QED) is 0.109. The number of β-lactam (4-membered cyclic amide) rings is 1. The molecule has 35 heavy (non-hydrogen) atoms. The van der Waals surface area contributed by atoms with E-state index >= 15 is 0 Å². The summed E-state index contributed by atoms with van der Waals surface area (Å²) in [6.45, 7) is 4.89. The molecular weight excluding hydrogens is 575 g/mol. The number of alkyl halides is 3. The third kappa shape index (κ3) is 7.87. The van der Waals surface area contributed by atoms with E-state index in [2.05, 4.69) is 10.4 Å². The maximum Gasteiger partial charge on any atom is 0.355 e. The number of benzene rings is 1. The van der Waals surface area contributed by atoms with Gasteiger partial charge in [-0.05, 0) is 54.6 Å². The highest BCUT2D eigenvalue weighted by molar-refractivity contribution is 8.77. The predicted molar refractivity (Wildman–Crippen MR) is 145 cm³/mol. The normalized spacial score (nSPS) is 21.5. The van der Waals surface area contributed by atoms with Crippen molar-refractivity contribution in [3.8, 4) is 0 Å². The Bertz CT molecular complexity index is 1020. The minimum Gasteiger partial charge on any atom is -0.456 e. The van der Waals surface area contributed by atoms with Gasteiger partial charge in [0.1, 0.15) is 23.7 Å². The van der Waals surface area contributed by atoms with Crippen molar-refractivity contribution >= 4 is 92.5 Å². The van der Waals surface area contributed by atoms with E-state index in [-0.39, 0.29) is 23.3 Å². The summed E-state index contributed by atoms with van der Waals surface area (Å²) in [4.78, 5) is 40.0. The lowest BCUT2D eigenvalue weighted by molar-refractivity contribution is -0.152. The minimum atomic E-state index is -1.79. The van der Waals surface area contributed by atoms with Gasteiger partial charge >= 0.3 is 5.97 Å². The number of carbonyl (C=O) groups excluding carboxylic acids is 3. The van der Waals surface area contributed by atoms with Crippen LogP contribution in [-0.4, -0.2) is 59.8 Å². The maximum atomic E-state index is 13.2. The van der Waals surface area contributed by atoms with Crippen LogP contribution in [0.5, 0.6) is 0 Å². The zero-order valence-electron chi connectivity index (χ0n) is 18.9. The third-order valence-corrected chi connectivity index (χ3v) is 8.76. The minimum absolute atomic E-state index is 0.0434. The van der Waals surface area contributed by atoms with Crippen LogP contribution in [-0.2, 0) is 25.5 Å². The second-order valence-electron chi connectivity index (χ2n) is 7.83. The number of amides is 2. The van der Waals surface area contributed by atoms with E-state index < -0.39 is 33.7 Å². The van der Waals surface area contributed by atoms with Crippen molar-refractivity contribution < 1.29 is 19.1 Å². The molecule has 1 N–H and O–H groups in total. The lowest BCUT2D eigenvalue weighted by atomic mass is 10.0. The fourth-order valence-corrected chi connectivity index (χ4v) is 7.04. The molecule has 2 aliphatic heterocycles. The Labute approximate surface area is 231 Å². The molecule has 2 aliphatic rings. The Morgan fingerprint density at radius 1 is 1.23 bits per heavy atom. The third-order valence-electron chi connectivity index (χ3n) is 4.67. The summed E-state index contributed by atoms with van der Waals surface area (Å²) in [6, 6.07) is 8.37. The van der Waals surface area contributed by atoms with Crippen molar-refractivity contribution in [1.82, 2.24) is 14.0 Å². The van der Waals surface area contributed by atoms with Gasteiger partial charge in [0.15, 0.2) is 0 Å². The van der Waals surface area contributed by atoms with Crippen LogP contribution < -0.4 is 5.32 Å². The molecule has 3 rings (SSSR count). The second kappa shape index (κ2) is 12.3. The number of hydrogen-bond acceptors (Lipinski definition) is 9. The molecule has 0 aliphatic carbocycles. The summed E-state index contributed by atoms with van der Waals surface area (Å²) in [5, 5.41) is 6.70. The number of hydrogen-bond donors (Lipinski definition) is 1. The molecule has 1 aromatic carbocycles. The van der Waals surface area contributed by atoms with E-state index in [1.807, 2.05) is 37.3 Å². The molecule has 0 aromatic heterocycles. The Morgan fingerprint density at radius 3 is 2.49 bits per heavy atom. The fraction of sp³-hybridized carbons (Fsp3) is 0.429. The summed E-state index contributed by atoms with van der Waals surface area (Å²) >= 11 is 18.6. The van der Waals surface area contributed by atoms with Crippen LogP contribution >= 0.6 is 68.5 Å². The van der Waals surface area contributed by atoms with Crippen LogP contribution in [0.25, 0.3) is 0 Å². The Morgan fingerprint density at radius 2 is 1.91 bits per heavy atom. The number of esters is 1. The van der Waals surface area contributed by atoms with Crippen LogP contribution in [0.1, 0.15) is 26.3 Å². The van der Waals surface area contributed by atoms with Gasteiger partial charge in [0, 0.05) is 6.21 Å². The SMILES string of the molecule is CC(C)=C(C(=O)OCC(Cl)(Cl)Cl)N1C(=O)C(NC(=O)Cc2ccccc2)C1SSN1N=CC(C)S1. The summed E-state index contributed by atoms with van der Waals surface area (Å²) in [6.07, 6.45) is 1.93. The number of likely N-dealkylation sites (tertiary alicyclic amines) is 1. The second-order valence-corrected chi connectivity index (χ2v) is 14.1. The molecule has 8 nitrogen and oxygen atoms in total. The molecule has 2 heterocycles. The molecule has 0 spiro atoms. The number of rotatable bonds is 9. The van der Waals surface area contributed by atoms with Crippen LogP contribution in [0.2, 0.25) is 0 Å². The molecule has 14 heteroatoms.